The molecular formula is C18H27IN4S. The van der Waals surface area contributed by atoms with Crippen molar-refractivity contribution in [3.05, 3.63) is 51.5 Å². The second-order valence-electron chi connectivity index (χ2n) is 5.38. The molecule has 0 saturated heterocycles. The van der Waals surface area contributed by atoms with E-state index in [1.165, 1.54) is 16.1 Å². The molecule has 0 saturated carbocycles. The minimum atomic E-state index is 0. The average Bonchev–Trinajstić information content (AvgIpc) is 3.02. The number of nitrogens with zero attached hydrogens (tertiary/aromatic N) is 2. The second kappa shape index (κ2) is 11.4. The predicted molar refractivity (Wildman–Crippen MR) is 115 cm³/mol. The summed E-state index contributed by atoms with van der Waals surface area (Å²) in [4.78, 5) is 9.27. The van der Waals surface area contributed by atoms with Crippen LogP contribution in [0.25, 0.3) is 0 Å². The maximum atomic E-state index is 4.67. The molecule has 2 N–H and O–H groups in total. The van der Waals surface area contributed by atoms with Crippen LogP contribution in [-0.4, -0.2) is 24.0 Å². The molecule has 4 nitrogen and oxygen atoms in total. The Balaban J connectivity index is 0.00000288. The summed E-state index contributed by atoms with van der Waals surface area (Å²) < 4.78 is 0. The zero-order chi connectivity index (χ0) is 16.5. The summed E-state index contributed by atoms with van der Waals surface area (Å²) in [5, 5.41) is 10.0. The van der Waals surface area contributed by atoms with Crippen molar-refractivity contribution in [3.63, 3.8) is 0 Å². The number of guanidine groups is 1. The van der Waals surface area contributed by atoms with Crippen LogP contribution in [-0.2, 0) is 19.4 Å². The van der Waals surface area contributed by atoms with Crippen molar-refractivity contribution in [3.8, 4) is 0 Å². The number of nitrogens with one attached hydrogen (secondary N) is 2. The van der Waals surface area contributed by atoms with Crippen LogP contribution in [0.2, 0.25) is 0 Å². The standard InChI is InChI=1S/C18H26N4S.HI/c1-4-17-22-16(13-23-17)10-11-20-18(19-5-2)21-12-15-9-7-6-8-14(15)3;/h6-9,13H,4-5,10-12H2,1-3H3,(H2,19,20,21);1H. The number of thiazole rings is 1. The zero-order valence-electron chi connectivity index (χ0n) is 14.6. The van der Waals surface area contributed by atoms with Crippen LogP contribution in [0, 0.1) is 6.92 Å². The van der Waals surface area contributed by atoms with Crippen molar-refractivity contribution in [1.82, 2.24) is 15.6 Å². The summed E-state index contributed by atoms with van der Waals surface area (Å²) in [5.41, 5.74) is 3.70. The number of aliphatic imine (C=N–C) groups is 1. The van der Waals surface area contributed by atoms with E-state index in [1.54, 1.807) is 11.3 Å². The van der Waals surface area contributed by atoms with E-state index in [9.17, 15) is 0 Å². The van der Waals surface area contributed by atoms with E-state index in [0.717, 1.165) is 37.6 Å². The molecule has 0 unspecified atom stereocenters. The lowest BCUT2D eigenvalue weighted by Gasteiger charge is -2.11. The van der Waals surface area contributed by atoms with Crippen molar-refractivity contribution >= 4 is 41.3 Å². The number of hydrogen-bond acceptors (Lipinski definition) is 3. The lowest BCUT2D eigenvalue weighted by molar-refractivity contribution is 0.788. The van der Waals surface area contributed by atoms with E-state index in [4.69, 9.17) is 0 Å². The van der Waals surface area contributed by atoms with Crippen molar-refractivity contribution in [2.45, 2.75) is 40.2 Å². The summed E-state index contributed by atoms with van der Waals surface area (Å²) in [7, 11) is 0. The fourth-order valence-electron chi connectivity index (χ4n) is 2.23. The van der Waals surface area contributed by atoms with E-state index in [2.05, 4.69) is 71.0 Å². The van der Waals surface area contributed by atoms with Crippen LogP contribution in [0.3, 0.4) is 0 Å². The van der Waals surface area contributed by atoms with Gasteiger partial charge in [-0.05, 0) is 31.4 Å². The maximum absolute atomic E-state index is 4.67. The fourth-order valence-corrected chi connectivity index (χ4v) is 3.01. The maximum Gasteiger partial charge on any atom is 0.191 e. The molecule has 0 spiro atoms. The summed E-state index contributed by atoms with van der Waals surface area (Å²) in [5.74, 6) is 0.863. The Labute approximate surface area is 166 Å². The lowest BCUT2D eigenvalue weighted by atomic mass is 10.1. The van der Waals surface area contributed by atoms with Gasteiger partial charge in [-0.25, -0.2) is 9.98 Å². The van der Waals surface area contributed by atoms with Crippen LogP contribution in [0.1, 0.15) is 35.7 Å². The largest absolute Gasteiger partial charge is 0.357 e. The molecule has 0 radical (unpaired) electrons. The molecule has 132 valence electrons. The third-order valence-electron chi connectivity index (χ3n) is 3.59. The third-order valence-corrected chi connectivity index (χ3v) is 4.63. The van der Waals surface area contributed by atoms with Crippen molar-refractivity contribution in [2.24, 2.45) is 4.99 Å². The van der Waals surface area contributed by atoms with Crippen LogP contribution < -0.4 is 10.6 Å². The molecule has 1 heterocycles. The highest BCUT2D eigenvalue weighted by Gasteiger charge is 2.02. The molecule has 0 fully saturated rings. The Morgan fingerprint density at radius 3 is 2.67 bits per heavy atom. The van der Waals surface area contributed by atoms with Crippen LogP contribution in [0.5, 0.6) is 0 Å². The zero-order valence-corrected chi connectivity index (χ0v) is 17.8. The molecule has 0 atom stereocenters. The SMILES string of the molecule is CCNC(=NCc1ccccc1C)NCCc1csc(CC)n1.I. The minimum absolute atomic E-state index is 0. The van der Waals surface area contributed by atoms with Gasteiger partial charge in [-0.15, -0.1) is 35.3 Å². The van der Waals surface area contributed by atoms with E-state index in [1.807, 2.05) is 0 Å². The molecule has 2 aromatic rings. The van der Waals surface area contributed by atoms with Gasteiger partial charge in [-0.3, -0.25) is 0 Å². The highest BCUT2D eigenvalue weighted by molar-refractivity contribution is 14.0. The van der Waals surface area contributed by atoms with E-state index in [0.29, 0.717) is 6.54 Å². The first kappa shape index (κ1) is 20.9. The topological polar surface area (TPSA) is 49.3 Å². The van der Waals surface area contributed by atoms with Gasteiger partial charge in [0.15, 0.2) is 5.96 Å². The first-order valence-electron chi connectivity index (χ1n) is 8.22. The van der Waals surface area contributed by atoms with E-state index < -0.39 is 0 Å². The Morgan fingerprint density at radius 2 is 2.00 bits per heavy atom. The van der Waals surface area contributed by atoms with E-state index in [-0.39, 0.29) is 24.0 Å². The second-order valence-corrected chi connectivity index (χ2v) is 6.33. The van der Waals surface area contributed by atoms with E-state index >= 15 is 0 Å². The normalized spacial score (nSPS) is 11.0. The van der Waals surface area contributed by atoms with Crippen LogP contribution >= 0.6 is 35.3 Å². The number of aromatic nitrogens is 1. The molecule has 0 aliphatic rings. The highest BCUT2D eigenvalue weighted by atomic mass is 127. The molecule has 0 aliphatic heterocycles. The molecule has 0 aliphatic carbocycles. The minimum Gasteiger partial charge on any atom is -0.357 e. The van der Waals surface area contributed by atoms with Gasteiger partial charge in [0.25, 0.3) is 0 Å². The summed E-state index contributed by atoms with van der Waals surface area (Å²) in [6, 6.07) is 8.37. The number of hydrogen-bond donors (Lipinski definition) is 2. The molecule has 6 heteroatoms. The summed E-state index contributed by atoms with van der Waals surface area (Å²) in [6.07, 6.45) is 1.93. The van der Waals surface area contributed by atoms with Gasteiger partial charge in [-0.2, -0.15) is 0 Å². The highest BCUT2D eigenvalue weighted by Crippen LogP contribution is 2.10. The quantitative estimate of drug-likeness (QED) is 0.376. The summed E-state index contributed by atoms with van der Waals surface area (Å²) in [6.45, 7) is 8.74. The number of rotatable bonds is 7. The first-order chi connectivity index (χ1) is 11.2. The number of aryl methyl sites for hydroxylation is 2. The Hall–Kier alpha value is -1.15. The molecule has 2 rings (SSSR count). The van der Waals surface area contributed by atoms with Crippen LogP contribution in [0.15, 0.2) is 34.6 Å². The van der Waals surface area contributed by atoms with Gasteiger partial charge in [0, 0.05) is 24.9 Å². The molecule has 24 heavy (non-hydrogen) atoms. The third kappa shape index (κ3) is 6.76. The van der Waals surface area contributed by atoms with Crippen molar-refractivity contribution in [1.29, 1.82) is 0 Å². The van der Waals surface area contributed by atoms with Crippen molar-refractivity contribution in [2.75, 3.05) is 13.1 Å². The van der Waals surface area contributed by atoms with Gasteiger partial charge in [0.05, 0.1) is 17.2 Å². The number of halogens is 1. The molecule has 0 bridgehead atoms. The Kier molecular flexibility index (Phi) is 9.94. The monoisotopic (exact) mass is 458 g/mol. The lowest BCUT2D eigenvalue weighted by Crippen LogP contribution is -2.38. The smallest absolute Gasteiger partial charge is 0.191 e. The van der Waals surface area contributed by atoms with Gasteiger partial charge in [0.2, 0.25) is 0 Å². The Morgan fingerprint density at radius 1 is 1.21 bits per heavy atom. The van der Waals surface area contributed by atoms with Gasteiger partial charge in [-0.1, -0.05) is 31.2 Å². The van der Waals surface area contributed by atoms with Crippen LogP contribution in [0.4, 0.5) is 0 Å². The number of benzene rings is 1. The summed E-state index contributed by atoms with van der Waals surface area (Å²) >= 11 is 1.74. The average molecular weight is 458 g/mol. The van der Waals surface area contributed by atoms with Crippen molar-refractivity contribution < 1.29 is 0 Å². The fraction of sp³-hybridized carbons (Fsp3) is 0.444. The first-order valence-corrected chi connectivity index (χ1v) is 9.10. The molecule has 0 amide bonds. The molecule has 1 aromatic heterocycles. The van der Waals surface area contributed by atoms with Gasteiger partial charge < -0.3 is 10.6 Å². The Bertz CT molecular complexity index is 639. The molecule has 1 aromatic carbocycles. The van der Waals surface area contributed by atoms with Gasteiger partial charge >= 0.3 is 0 Å². The molecular weight excluding hydrogens is 431 g/mol. The van der Waals surface area contributed by atoms with Gasteiger partial charge in [0.1, 0.15) is 0 Å². The predicted octanol–water partition coefficient (Wildman–Crippen LogP) is 3.93.